The molecule has 0 fully saturated rings. The number of nitrogens with one attached hydrogen (secondary N) is 1. The standard InChI is InChI=1S/C11H6BrF4N3/c12-5-1-4(17)3-18-11(5)19-10-8(15)6(13)2-7(14)9(10)16/h1-3H,17H2,(H,18,19). The Morgan fingerprint density at radius 3 is 2.16 bits per heavy atom. The van der Waals surface area contributed by atoms with Gasteiger partial charge in [0.05, 0.1) is 16.4 Å². The van der Waals surface area contributed by atoms with Gasteiger partial charge in [0, 0.05) is 6.07 Å². The maximum atomic E-state index is 13.4. The van der Waals surface area contributed by atoms with Gasteiger partial charge in [0.25, 0.3) is 0 Å². The van der Waals surface area contributed by atoms with Crippen molar-refractivity contribution < 1.29 is 17.6 Å². The molecule has 3 nitrogen and oxygen atoms in total. The van der Waals surface area contributed by atoms with E-state index >= 15 is 0 Å². The van der Waals surface area contributed by atoms with E-state index < -0.39 is 29.0 Å². The zero-order chi connectivity index (χ0) is 14.2. The van der Waals surface area contributed by atoms with Crippen LogP contribution < -0.4 is 11.1 Å². The van der Waals surface area contributed by atoms with Crippen molar-refractivity contribution in [3.05, 3.63) is 46.1 Å². The quantitative estimate of drug-likeness (QED) is 0.649. The van der Waals surface area contributed by atoms with E-state index in [9.17, 15) is 17.6 Å². The van der Waals surface area contributed by atoms with Crippen LogP contribution in [-0.2, 0) is 0 Å². The van der Waals surface area contributed by atoms with E-state index in [1.807, 2.05) is 0 Å². The number of aromatic nitrogens is 1. The summed E-state index contributed by atoms with van der Waals surface area (Å²) in [6.45, 7) is 0. The van der Waals surface area contributed by atoms with Crippen molar-refractivity contribution >= 4 is 33.1 Å². The minimum Gasteiger partial charge on any atom is -0.397 e. The molecule has 0 aliphatic carbocycles. The van der Waals surface area contributed by atoms with Crippen LogP contribution >= 0.6 is 15.9 Å². The first kappa shape index (κ1) is 13.6. The number of anilines is 3. The van der Waals surface area contributed by atoms with Crippen molar-refractivity contribution in [2.45, 2.75) is 0 Å². The van der Waals surface area contributed by atoms with Crippen LogP contribution in [0.25, 0.3) is 0 Å². The fourth-order valence-corrected chi connectivity index (χ4v) is 1.81. The maximum Gasteiger partial charge on any atom is 0.185 e. The summed E-state index contributed by atoms with van der Waals surface area (Å²) in [5.74, 6) is -6.12. The van der Waals surface area contributed by atoms with Crippen molar-refractivity contribution in [2.24, 2.45) is 0 Å². The van der Waals surface area contributed by atoms with Crippen LogP contribution in [0.15, 0.2) is 22.8 Å². The molecule has 1 heterocycles. The summed E-state index contributed by atoms with van der Waals surface area (Å²) in [5, 5.41) is 2.17. The number of nitrogen functional groups attached to an aromatic ring is 1. The molecule has 3 N–H and O–H groups in total. The summed E-state index contributed by atoms with van der Waals surface area (Å²) in [6, 6.07) is 1.54. The predicted molar refractivity (Wildman–Crippen MR) is 65.9 cm³/mol. The summed E-state index contributed by atoms with van der Waals surface area (Å²) in [4.78, 5) is 3.75. The largest absolute Gasteiger partial charge is 0.397 e. The van der Waals surface area contributed by atoms with Crippen LogP contribution in [0, 0.1) is 23.3 Å². The number of nitrogens with zero attached hydrogens (tertiary/aromatic N) is 1. The molecular weight excluding hydrogens is 330 g/mol. The van der Waals surface area contributed by atoms with Crippen LogP contribution in [0.3, 0.4) is 0 Å². The monoisotopic (exact) mass is 335 g/mol. The highest BCUT2D eigenvalue weighted by molar-refractivity contribution is 9.10. The average molecular weight is 336 g/mol. The molecule has 0 aliphatic heterocycles. The summed E-state index contributed by atoms with van der Waals surface area (Å²) in [5.41, 5.74) is 4.79. The smallest absolute Gasteiger partial charge is 0.185 e. The summed E-state index contributed by atoms with van der Waals surface area (Å²) in [7, 11) is 0. The molecule has 0 saturated heterocycles. The van der Waals surface area contributed by atoms with Gasteiger partial charge in [-0.2, -0.15) is 0 Å². The molecule has 2 aromatic rings. The van der Waals surface area contributed by atoms with Crippen molar-refractivity contribution in [1.29, 1.82) is 0 Å². The highest BCUT2D eigenvalue weighted by Crippen LogP contribution is 2.30. The Balaban J connectivity index is 2.49. The van der Waals surface area contributed by atoms with Crippen LogP contribution in [0.4, 0.5) is 34.8 Å². The van der Waals surface area contributed by atoms with Gasteiger partial charge in [0.15, 0.2) is 23.3 Å². The number of benzene rings is 1. The van der Waals surface area contributed by atoms with Gasteiger partial charge in [-0.3, -0.25) is 0 Å². The van der Waals surface area contributed by atoms with Gasteiger partial charge in [-0.1, -0.05) is 0 Å². The van der Waals surface area contributed by atoms with Crippen molar-refractivity contribution in [1.82, 2.24) is 4.98 Å². The van der Waals surface area contributed by atoms with Crippen LogP contribution in [0.2, 0.25) is 0 Å². The van der Waals surface area contributed by atoms with Crippen molar-refractivity contribution in [2.75, 3.05) is 11.1 Å². The molecule has 19 heavy (non-hydrogen) atoms. The Kier molecular flexibility index (Phi) is 3.61. The molecule has 0 saturated carbocycles. The molecule has 100 valence electrons. The van der Waals surface area contributed by atoms with E-state index in [0.29, 0.717) is 5.69 Å². The molecule has 1 aromatic carbocycles. The van der Waals surface area contributed by atoms with E-state index in [0.717, 1.165) is 0 Å². The Hall–Kier alpha value is -1.83. The Morgan fingerprint density at radius 2 is 1.63 bits per heavy atom. The lowest BCUT2D eigenvalue weighted by molar-refractivity contribution is 0.459. The highest BCUT2D eigenvalue weighted by Gasteiger charge is 2.20. The van der Waals surface area contributed by atoms with E-state index in [1.54, 1.807) is 0 Å². The first-order valence-electron chi connectivity index (χ1n) is 4.91. The zero-order valence-electron chi connectivity index (χ0n) is 9.15. The first-order chi connectivity index (χ1) is 8.90. The minimum absolute atomic E-state index is 0.0306. The SMILES string of the molecule is Nc1cnc(Nc2c(F)c(F)cc(F)c2F)c(Br)c1. The number of hydrogen-bond donors (Lipinski definition) is 2. The van der Waals surface area contributed by atoms with Crippen molar-refractivity contribution in [3.63, 3.8) is 0 Å². The lowest BCUT2D eigenvalue weighted by Crippen LogP contribution is -2.04. The zero-order valence-corrected chi connectivity index (χ0v) is 10.7. The second kappa shape index (κ2) is 5.04. The normalized spacial score (nSPS) is 10.6. The van der Waals surface area contributed by atoms with Gasteiger partial charge in [-0.15, -0.1) is 0 Å². The third-order valence-electron chi connectivity index (χ3n) is 2.22. The lowest BCUT2D eigenvalue weighted by atomic mass is 10.2. The van der Waals surface area contributed by atoms with E-state index in [4.69, 9.17) is 5.73 Å². The Morgan fingerprint density at radius 1 is 1.05 bits per heavy atom. The Bertz CT molecular complexity index is 622. The molecule has 0 atom stereocenters. The summed E-state index contributed by atoms with van der Waals surface area (Å²) < 4.78 is 53.2. The third-order valence-corrected chi connectivity index (χ3v) is 2.82. The van der Waals surface area contributed by atoms with Gasteiger partial charge in [0.2, 0.25) is 0 Å². The van der Waals surface area contributed by atoms with Gasteiger partial charge >= 0.3 is 0 Å². The summed E-state index contributed by atoms with van der Waals surface area (Å²) in [6.07, 6.45) is 1.22. The van der Waals surface area contributed by atoms with Crippen molar-refractivity contribution in [3.8, 4) is 0 Å². The minimum atomic E-state index is -1.54. The third kappa shape index (κ3) is 2.62. The number of nitrogens with two attached hydrogens (primary N) is 1. The van der Waals surface area contributed by atoms with Gasteiger partial charge in [0.1, 0.15) is 11.5 Å². The molecule has 0 unspecified atom stereocenters. The molecule has 8 heteroatoms. The molecule has 0 aliphatic rings. The fraction of sp³-hybridized carbons (Fsp3) is 0. The molecule has 0 spiro atoms. The highest BCUT2D eigenvalue weighted by atomic mass is 79.9. The van der Waals surface area contributed by atoms with E-state index in [1.165, 1.54) is 12.3 Å². The topological polar surface area (TPSA) is 50.9 Å². The number of halogens is 5. The summed E-state index contributed by atoms with van der Waals surface area (Å²) >= 11 is 3.05. The number of pyridine rings is 1. The maximum absolute atomic E-state index is 13.4. The van der Waals surface area contributed by atoms with Gasteiger partial charge in [-0.05, 0) is 22.0 Å². The molecular formula is C11H6BrF4N3. The number of hydrogen-bond acceptors (Lipinski definition) is 3. The second-order valence-corrected chi connectivity index (χ2v) is 4.42. The lowest BCUT2D eigenvalue weighted by Gasteiger charge is -2.10. The molecule has 0 bridgehead atoms. The predicted octanol–water partition coefficient (Wildman–Crippen LogP) is 3.73. The average Bonchev–Trinajstić information content (AvgIpc) is 2.34. The van der Waals surface area contributed by atoms with Gasteiger partial charge in [-0.25, -0.2) is 22.5 Å². The van der Waals surface area contributed by atoms with E-state index in [2.05, 4.69) is 26.2 Å². The van der Waals surface area contributed by atoms with Crippen LogP contribution in [0.1, 0.15) is 0 Å². The molecule has 0 amide bonds. The fourth-order valence-electron chi connectivity index (χ4n) is 1.35. The molecule has 2 rings (SSSR count). The van der Waals surface area contributed by atoms with Gasteiger partial charge < -0.3 is 11.1 Å². The molecule has 1 aromatic heterocycles. The van der Waals surface area contributed by atoms with Crippen LogP contribution in [-0.4, -0.2) is 4.98 Å². The molecule has 0 radical (unpaired) electrons. The van der Waals surface area contributed by atoms with Crippen LogP contribution in [0.5, 0.6) is 0 Å². The Labute approximate surface area is 113 Å². The number of rotatable bonds is 2. The second-order valence-electron chi connectivity index (χ2n) is 3.57. The first-order valence-corrected chi connectivity index (χ1v) is 5.70. The van der Waals surface area contributed by atoms with E-state index in [-0.39, 0.29) is 16.4 Å².